The van der Waals surface area contributed by atoms with Gasteiger partial charge in [0, 0.05) is 17.7 Å². The molecule has 0 atom stereocenters. The minimum Gasteiger partial charge on any atom is -0.477 e. The Morgan fingerprint density at radius 2 is 2.00 bits per heavy atom. The zero-order valence-corrected chi connectivity index (χ0v) is 9.05. The second-order valence-electron chi connectivity index (χ2n) is 3.06. The van der Waals surface area contributed by atoms with Crippen LogP contribution < -0.4 is 0 Å². The highest BCUT2D eigenvalue weighted by molar-refractivity contribution is 7.08. The number of rotatable bonds is 3. The molecule has 0 fully saturated rings. The van der Waals surface area contributed by atoms with Crippen molar-refractivity contribution in [3.63, 3.8) is 0 Å². The lowest BCUT2D eigenvalue weighted by molar-refractivity contribution is -0.384. The molecule has 0 unspecified atom stereocenters. The van der Waals surface area contributed by atoms with E-state index in [9.17, 15) is 14.9 Å². The highest BCUT2D eigenvalue weighted by Gasteiger charge is 2.17. The maximum absolute atomic E-state index is 10.9. The Morgan fingerprint density at radius 3 is 2.53 bits per heavy atom. The first-order chi connectivity index (χ1) is 8.09. The SMILES string of the molecule is O=C(O)c1snnc1-c1ccc([N+](=O)[O-])cc1. The maximum Gasteiger partial charge on any atom is 0.349 e. The Balaban J connectivity index is 2.43. The molecule has 0 aliphatic rings. The maximum atomic E-state index is 10.9. The average Bonchev–Trinajstić information content (AvgIpc) is 2.78. The minimum atomic E-state index is -1.12. The van der Waals surface area contributed by atoms with Crippen molar-refractivity contribution in [2.75, 3.05) is 0 Å². The molecule has 1 aromatic heterocycles. The van der Waals surface area contributed by atoms with Gasteiger partial charge in [-0.05, 0) is 23.7 Å². The quantitative estimate of drug-likeness (QED) is 0.658. The van der Waals surface area contributed by atoms with Crippen LogP contribution >= 0.6 is 11.5 Å². The van der Waals surface area contributed by atoms with E-state index >= 15 is 0 Å². The van der Waals surface area contributed by atoms with Crippen LogP contribution in [-0.4, -0.2) is 25.6 Å². The van der Waals surface area contributed by atoms with Crippen LogP contribution in [0.5, 0.6) is 0 Å². The molecule has 0 aliphatic carbocycles. The Labute approximate surface area is 98.7 Å². The van der Waals surface area contributed by atoms with Gasteiger partial charge in [-0.15, -0.1) is 5.10 Å². The van der Waals surface area contributed by atoms with Crippen LogP contribution in [0.1, 0.15) is 9.67 Å². The van der Waals surface area contributed by atoms with Crippen LogP contribution in [0.15, 0.2) is 24.3 Å². The molecule has 2 rings (SSSR count). The third-order valence-corrected chi connectivity index (χ3v) is 2.75. The molecule has 1 heterocycles. The fraction of sp³-hybridized carbons (Fsp3) is 0. The molecule has 0 spiro atoms. The van der Waals surface area contributed by atoms with Crippen LogP contribution in [0, 0.1) is 10.1 Å². The van der Waals surface area contributed by atoms with E-state index in [-0.39, 0.29) is 16.3 Å². The van der Waals surface area contributed by atoms with Gasteiger partial charge in [0.05, 0.1) is 4.92 Å². The largest absolute Gasteiger partial charge is 0.477 e. The summed E-state index contributed by atoms with van der Waals surface area (Å²) in [5, 5.41) is 23.0. The van der Waals surface area contributed by atoms with Crippen LogP contribution in [0.4, 0.5) is 5.69 Å². The third-order valence-electron chi connectivity index (χ3n) is 2.03. The molecule has 0 radical (unpaired) electrons. The van der Waals surface area contributed by atoms with Gasteiger partial charge < -0.3 is 5.11 Å². The molecule has 86 valence electrons. The first kappa shape index (κ1) is 11.1. The average molecular weight is 251 g/mol. The van der Waals surface area contributed by atoms with Crippen molar-refractivity contribution in [1.29, 1.82) is 0 Å². The molecule has 2 aromatic rings. The highest BCUT2D eigenvalue weighted by Crippen LogP contribution is 2.25. The predicted molar refractivity (Wildman–Crippen MR) is 59.0 cm³/mol. The van der Waals surface area contributed by atoms with E-state index in [4.69, 9.17) is 5.11 Å². The number of nitro groups is 1. The number of carboxylic acid groups (broad SMARTS) is 1. The van der Waals surface area contributed by atoms with Crippen molar-refractivity contribution in [2.24, 2.45) is 0 Å². The summed E-state index contributed by atoms with van der Waals surface area (Å²) in [6.07, 6.45) is 0. The van der Waals surface area contributed by atoms with E-state index in [1.165, 1.54) is 24.3 Å². The fourth-order valence-corrected chi connectivity index (χ4v) is 1.79. The van der Waals surface area contributed by atoms with Crippen molar-refractivity contribution in [1.82, 2.24) is 9.59 Å². The first-order valence-electron chi connectivity index (χ1n) is 4.40. The van der Waals surface area contributed by atoms with E-state index in [0.717, 1.165) is 11.5 Å². The number of aromatic nitrogens is 2. The summed E-state index contributed by atoms with van der Waals surface area (Å²) in [5.41, 5.74) is 0.646. The molecule has 0 aliphatic heterocycles. The minimum absolute atomic E-state index is 0.0128. The lowest BCUT2D eigenvalue weighted by atomic mass is 10.1. The second-order valence-corrected chi connectivity index (χ2v) is 3.81. The Bertz CT molecular complexity index is 578. The number of carboxylic acids is 1. The summed E-state index contributed by atoms with van der Waals surface area (Å²) < 4.78 is 3.55. The van der Waals surface area contributed by atoms with E-state index < -0.39 is 10.9 Å². The van der Waals surface area contributed by atoms with Gasteiger partial charge in [-0.3, -0.25) is 10.1 Å². The second kappa shape index (κ2) is 4.26. The Morgan fingerprint density at radius 1 is 1.35 bits per heavy atom. The van der Waals surface area contributed by atoms with E-state index in [1.807, 2.05) is 0 Å². The van der Waals surface area contributed by atoms with Crippen LogP contribution in [0.3, 0.4) is 0 Å². The Kier molecular flexibility index (Phi) is 2.79. The molecule has 8 heteroatoms. The zero-order valence-electron chi connectivity index (χ0n) is 8.23. The molecule has 0 amide bonds. The number of carbonyl (C=O) groups is 1. The summed E-state index contributed by atoms with van der Waals surface area (Å²) >= 11 is 0.768. The smallest absolute Gasteiger partial charge is 0.349 e. The molecule has 0 bridgehead atoms. The number of nitro benzene ring substituents is 1. The van der Waals surface area contributed by atoms with Crippen molar-refractivity contribution >= 4 is 23.2 Å². The number of aromatic carboxylic acids is 1. The van der Waals surface area contributed by atoms with Crippen LogP contribution in [-0.2, 0) is 0 Å². The van der Waals surface area contributed by atoms with Crippen molar-refractivity contribution in [3.05, 3.63) is 39.3 Å². The van der Waals surface area contributed by atoms with Crippen LogP contribution in [0.2, 0.25) is 0 Å². The monoisotopic (exact) mass is 251 g/mol. The van der Waals surface area contributed by atoms with Crippen LogP contribution in [0.25, 0.3) is 11.3 Å². The lowest BCUT2D eigenvalue weighted by Gasteiger charge is -1.97. The standard InChI is InChI=1S/C9H5N3O4S/c13-9(14)8-7(10-11-17-8)5-1-3-6(4-2-5)12(15)16/h1-4H,(H,13,14). The number of nitrogens with zero attached hydrogens (tertiary/aromatic N) is 3. The van der Waals surface area contributed by atoms with Gasteiger partial charge >= 0.3 is 5.97 Å². The van der Waals surface area contributed by atoms with E-state index in [0.29, 0.717) is 5.56 Å². The van der Waals surface area contributed by atoms with E-state index in [1.54, 1.807) is 0 Å². The van der Waals surface area contributed by atoms with Gasteiger partial charge in [0.25, 0.3) is 5.69 Å². The van der Waals surface area contributed by atoms with Gasteiger partial charge in [0.15, 0.2) is 4.88 Å². The molecule has 1 N–H and O–H groups in total. The Hall–Kier alpha value is -2.35. The van der Waals surface area contributed by atoms with Gasteiger partial charge in [-0.1, -0.05) is 4.49 Å². The molecular formula is C9H5N3O4S. The predicted octanol–water partition coefficient (Wildman–Crippen LogP) is 1.81. The van der Waals surface area contributed by atoms with Crippen molar-refractivity contribution in [3.8, 4) is 11.3 Å². The summed E-state index contributed by atoms with van der Waals surface area (Å²) in [6, 6.07) is 5.48. The van der Waals surface area contributed by atoms with Crippen molar-refractivity contribution < 1.29 is 14.8 Å². The normalized spacial score (nSPS) is 10.1. The highest BCUT2D eigenvalue weighted by atomic mass is 32.1. The van der Waals surface area contributed by atoms with Gasteiger partial charge in [0.2, 0.25) is 0 Å². The summed E-state index contributed by atoms with van der Waals surface area (Å²) in [4.78, 5) is 20.8. The number of hydrogen-bond donors (Lipinski definition) is 1. The third kappa shape index (κ3) is 2.11. The first-order valence-corrected chi connectivity index (χ1v) is 5.17. The lowest BCUT2D eigenvalue weighted by Crippen LogP contribution is -1.95. The van der Waals surface area contributed by atoms with Gasteiger partial charge in [-0.2, -0.15) is 0 Å². The molecule has 7 nitrogen and oxygen atoms in total. The number of hydrogen-bond acceptors (Lipinski definition) is 6. The summed E-state index contributed by atoms with van der Waals surface area (Å²) in [6.45, 7) is 0. The fourth-order valence-electron chi connectivity index (χ4n) is 1.26. The molecule has 0 saturated carbocycles. The topological polar surface area (TPSA) is 106 Å². The van der Waals surface area contributed by atoms with E-state index in [2.05, 4.69) is 9.59 Å². The summed E-state index contributed by atoms with van der Waals surface area (Å²) in [7, 11) is 0. The molecule has 17 heavy (non-hydrogen) atoms. The van der Waals surface area contributed by atoms with Gasteiger partial charge in [0.1, 0.15) is 5.69 Å². The number of benzene rings is 1. The van der Waals surface area contributed by atoms with Gasteiger partial charge in [-0.25, -0.2) is 4.79 Å². The molecule has 0 saturated heterocycles. The zero-order chi connectivity index (χ0) is 12.4. The molecular weight excluding hydrogens is 246 g/mol. The summed E-state index contributed by atoms with van der Waals surface area (Å²) in [5.74, 6) is -1.12. The number of non-ortho nitro benzene ring substituents is 1. The van der Waals surface area contributed by atoms with Crippen molar-refractivity contribution in [2.45, 2.75) is 0 Å². The molecule has 1 aromatic carbocycles.